The van der Waals surface area contributed by atoms with Gasteiger partial charge in [-0.2, -0.15) is 0 Å². The Kier molecular flexibility index (Phi) is 4.78. The van der Waals surface area contributed by atoms with E-state index in [0.717, 1.165) is 24.9 Å². The number of methoxy groups -OCH3 is 1. The van der Waals surface area contributed by atoms with Crippen LogP contribution in [-0.2, 0) is 0 Å². The second kappa shape index (κ2) is 6.77. The molecule has 2 aliphatic heterocycles. The number of hydrogen-bond donors (Lipinski definition) is 1. The van der Waals surface area contributed by atoms with Gasteiger partial charge < -0.3 is 10.5 Å². The van der Waals surface area contributed by atoms with Gasteiger partial charge >= 0.3 is 0 Å². The van der Waals surface area contributed by atoms with Crippen LogP contribution in [0.4, 0.5) is 0 Å². The molecular formula is C17H27N3O. The number of hydrogen-bond acceptors (Lipinski definition) is 4. The van der Waals surface area contributed by atoms with E-state index in [1.54, 1.807) is 7.11 Å². The monoisotopic (exact) mass is 289 g/mol. The average Bonchev–Trinajstić information content (AvgIpc) is 2.54. The van der Waals surface area contributed by atoms with Gasteiger partial charge in [0.2, 0.25) is 0 Å². The molecule has 2 heterocycles. The maximum Gasteiger partial charge on any atom is 0.119 e. The Morgan fingerprint density at radius 2 is 2.19 bits per heavy atom. The Morgan fingerprint density at radius 1 is 1.29 bits per heavy atom. The third-order valence-corrected chi connectivity index (χ3v) is 4.90. The van der Waals surface area contributed by atoms with Gasteiger partial charge in [-0.3, -0.25) is 9.80 Å². The molecule has 2 saturated heterocycles. The molecule has 21 heavy (non-hydrogen) atoms. The van der Waals surface area contributed by atoms with Crippen LogP contribution in [-0.4, -0.2) is 55.7 Å². The third kappa shape index (κ3) is 3.57. The van der Waals surface area contributed by atoms with E-state index in [9.17, 15) is 0 Å². The quantitative estimate of drug-likeness (QED) is 0.919. The fraction of sp³-hybridized carbons (Fsp3) is 0.647. The largest absolute Gasteiger partial charge is 0.497 e. The normalized spacial score (nSPS) is 25.3. The summed E-state index contributed by atoms with van der Waals surface area (Å²) in [5.41, 5.74) is 7.57. The Labute approximate surface area is 127 Å². The number of rotatable bonds is 4. The van der Waals surface area contributed by atoms with Crippen molar-refractivity contribution in [2.75, 3.05) is 39.8 Å². The van der Waals surface area contributed by atoms with Gasteiger partial charge in [-0.1, -0.05) is 18.6 Å². The summed E-state index contributed by atoms with van der Waals surface area (Å²) in [7, 11) is 1.70. The van der Waals surface area contributed by atoms with E-state index in [2.05, 4.69) is 21.9 Å². The van der Waals surface area contributed by atoms with Crippen molar-refractivity contribution in [2.45, 2.75) is 31.3 Å². The van der Waals surface area contributed by atoms with Crippen LogP contribution < -0.4 is 10.5 Å². The molecule has 0 bridgehead atoms. The van der Waals surface area contributed by atoms with Crippen molar-refractivity contribution in [3.05, 3.63) is 29.8 Å². The van der Waals surface area contributed by atoms with Gasteiger partial charge in [-0.05, 0) is 37.1 Å². The first-order chi connectivity index (χ1) is 10.3. The van der Waals surface area contributed by atoms with Gasteiger partial charge in [0, 0.05) is 38.3 Å². The zero-order valence-corrected chi connectivity index (χ0v) is 13.0. The van der Waals surface area contributed by atoms with E-state index >= 15 is 0 Å². The minimum absolute atomic E-state index is 0.0650. The van der Waals surface area contributed by atoms with Crippen molar-refractivity contribution >= 4 is 0 Å². The van der Waals surface area contributed by atoms with E-state index in [1.807, 2.05) is 12.1 Å². The lowest BCUT2D eigenvalue weighted by atomic mass is 9.98. The number of nitrogens with zero attached hydrogens (tertiary/aromatic N) is 2. The molecule has 0 radical (unpaired) electrons. The summed E-state index contributed by atoms with van der Waals surface area (Å²) >= 11 is 0. The van der Waals surface area contributed by atoms with Crippen molar-refractivity contribution in [3.63, 3.8) is 0 Å². The molecule has 116 valence electrons. The highest BCUT2D eigenvalue weighted by molar-refractivity contribution is 5.30. The molecule has 2 unspecified atom stereocenters. The summed E-state index contributed by atoms with van der Waals surface area (Å²) in [6, 6.07) is 8.97. The molecule has 0 saturated carbocycles. The molecule has 1 aromatic carbocycles. The van der Waals surface area contributed by atoms with E-state index < -0.39 is 0 Å². The highest BCUT2D eigenvalue weighted by Gasteiger charge is 2.29. The van der Waals surface area contributed by atoms with Gasteiger partial charge in [-0.25, -0.2) is 0 Å². The van der Waals surface area contributed by atoms with E-state index in [0.29, 0.717) is 0 Å². The molecule has 2 fully saturated rings. The summed E-state index contributed by atoms with van der Waals surface area (Å²) in [6.07, 6.45) is 4.11. The summed E-state index contributed by atoms with van der Waals surface area (Å²) in [4.78, 5) is 5.20. The van der Waals surface area contributed by atoms with Crippen LogP contribution in [0.1, 0.15) is 30.9 Å². The molecule has 4 nitrogen and oxygen atoms in total. The van der Waals surface area contributed by atoms with E-state index in [4.69, 9.17) is 10.5 Å². The maximum absolute atomic E-state index is 6.41. The fourth-order valence-corrected chi connectivity index (χ4v) is 3.64. The minimum Gasteiger partial charge on any atom is -0.497 e. The second-order valence-corrected chi connectivity index (χ2v) is 6.33. The first-order valence-electron chi connectivity index (χ1n) is 8.12. The third-order valence-electron chi connectivity index (χ3n) is 4.90. The van der Waals surface area contributed by atoms with Crippen LogP contribution in [0.25, 0.3) is 0 Å². The van der Waals surface area contributed by atoms with Crippen LogP contribution in [0.5, 0.6) is 5.75 Å². The highest BCUT2D eigenvalue weighted by atomic mass is 16.5. The molecule has 0 amide bonds. The van der Waals surface area contributed by atoms with Crippen LogP contribution in [0, 0.1) is 0 Å². The summed E-state index contributed by atoms with van der Waals surface area (Å²) in [6.45, 7) is 5.76. The number of benzene rings is 1. The van der Waals surface area contributed by atoms with Crippen molar-refractivity contribution in [1.29, 1.82) is 0 Å². The lowest BCUT2D eigenvalue weighted by Gasteiger charge is -2.44. The molecule has 0 spiro atoms. The summed E-state index contributed by atoms with van der Waals surface area (Å²) in [5.74, 6) is 0.889. The molecule has 0 aliphatic carbocycles. The molecule has 1 aromatic rings. The second-order valence-electron chi connectivity index (χ2n) is 6.33. The zero-order valence-electron chi connectivity index (χ0n) is 13.0. The Bertz CT molecular complexity index is 465. The van der Waals surface area contributed by atoms with Crippen LogP contribution >= 0.6 is 0 Å². The fourth-order valence-electron chi connectivity index (χ4n) is 3.64. The summed E-state index contributed by atoms with van der Waals surface area (Å²) < 4.78 is 5.29. The van der Waals surface area contributed by atoms with Crippen molar-refractivity contribution in [1.82, 2.24) is 9.80 Å². The van der Waals surface area contributed by atoms with E-state index in [-0.39, 0.29) is 6.04 Å². The molecule has 2 N–H and O–H groups in total. The predicted molar refractivity (Wildman–Crippen MR) is 85.6 cm³/mol. The van der Waals surface area contributed by atoms with Gasteiger partial charge in [0.1, 0.15) is 5.75 Å². The molecule has 2 aliphatic rings. The minimum atomic E-state index is 0.0650. The average molecular weight is 289 g/mol. The molecule has 0 aromatic heterocycles. The van der Waals surface area contributed by atoms with Crippen molar-refractivity contribution in [3.8, 4) is 5.75 Å². The first kappa shape index (κ1) is 14.8. The number of nitrogens with two attached hydrogens (primary N) is 1. The highest BCUT2D eigenvalue weighted by Crippen LogP contribution is 2.23. The number of piperidine rings is 1. The van der Waals surface area contributed by atoms with Crippen molar-refractivity contribution < 1.29 is 4.74 Å². The first-order valence-corrected chi connectivity index (χ1v) is 8.12. The van der Waals surface area contributed by atoms with Crippen LogP contribution in [0.3, 0.4) is 0 Å². The zero-order chi connectivity index (χ0) is 14.7. The lowest BCUT2D eigenvalue weighted by molar-refractivity contribution is 0.0466. The topological polar surface area (TPSA) is 41.7 Å². The Hall–Kier alpha value is -1.10. The lowest BCUT2D eigenvalue weighted by Crippen LogP contribution is -2.55. The smallest absolute Gasteiger partial charge is 0.119 e. The van der Waals surface area contributed by atoms with Crippen molar-refractivity contribution in [2.24, 2.45) is 5.73 Å². The van der Waals surface area contributed by atoms with E-state index in [1.165, 1.54) is 44.5 Å². The van der Waals surface area contributed by atoms with Gasteiger partial charge in [0.25, 0.3) is 0 Å². The molecule has 2 atom stereocenters. The molecule has 4 heteroatoms. The Morgan fingerprint density at radius 3 is 3.05 bits per heavy atom. The van der Waals surface area contributed by atoms with Crippen LogP contribution in [0.15, 0.2) is 24.3 Å². The molecule has 3 rings (SSSR count). The van der Waals surface area contributed by atoms with Gasteiger partial charge in [-0.15, -0.1) is 0 Å². The number of ether oxygens (including phenoxy) is 1. The van der Waals surface area contributed by atoms with Crippen LogP contribution in [0.2, 0.25) is 0 Å². The SMILES string of the molecule is COc1cccc(C(N)CN2CCN3CCCCC3C2)c1. The predicted octanol–water partition coefficient (Wildman–Crippen LogP) is 1.87. The summed E-state index contributed by atoms with van der Waals surface area (Å²) in [5, 5.41) is 0. The van der Waals surface area contributed by atoms with Gasteiger partial charge in [0.15, 0.2) is 0 Å². The molecular weight excluding hydrogens is 262 g/mol. The Balaban J connectivity index is 1.58. The number of fused-ring (bicyclic) bond motifs is 1. The maximum atomic E-state index is 6.41. The van der Waals surface area contributed by atoms with Gasteiger partial charge in [0.05, 0.1) is 7.11 Å². The number of piperazine rings is 1. The standard InChI is InChI=1S/C17H27N3O/c1-21-16-7-4-5-14(11-16)17(18)13-19-9-10-20-8-3-2-6-15(20)12-19/h4-5,7,11,15,17H,2-3,6,8-10,12-13,18H2,1H3.